The third kappa shape index (κ3) is 4.08. The zero-order chi connectivity index (χ0) is 25.6. The molecule has 4 rings (SSSR count). The highest BCUT2D eigenvalue weighted by Crippen LogP contribution is 2.68. The lowest BCUT2D eigenvalue weighted by molar-refractivity contribution is -0.203. The van der Waals surface area contributed by atoms with E-state index in [1.165, 1.54) is 0 Å². The summed E-state index contributed by atoms with van der Waals surface area (Å²) in [6.45, 7) is 7.30. The normalized spacial score (nSPS) is 40.1. The summed E-state index contributed by atoms with van der Waals surface area (Å²) in [7, 11) is 0. The summed E-state index contributed by atoms with van der Waals surface area (Å²) >= 11 is 0. The molecule has 3 saturated carbocycles. The largest absolute Gasteiger partial charge is 0.457 e. The van der Waals surface area contributed by atoms with Crippen LogP contribution in [0.2, 0.25) is 0 Å². The molecule has 7 nitrogen and oxygen atoms in total. The number of Topliss-reactive ketones (excluding diaryl/α,β-unsaturated/α-hetero) is 1. The van der Waals surface area contributed by atoms with Gasteiger partial charge in [-0.1, -0.05) is 33.3 Å². The summed E-state index contributed by atoms with van der Waals surface area (Å²) in [5.74, 6) is -0.852. The van der Waals surface area contributed by atoms with Gasteiger partial charge in [-0.25, -0.2) is 0 Å². The van der Waals surface area contributed by atoms with Gasteiger partial charge in [0.05, 0.1) is 6.10 Å². The molecule has 194 valence electrons. The Labute approximate surface area is 208 Å². The number of fused-ring (bicyclic) bond motifs is 5. The van der Waals surface area contributed by atoms with Crippen LogP contribution in [-0.2, 0) is 28.7 Å². The first kappa shape index (κ1) is 26.1. The molecule has 0 amide bonds. The number of esters is 2. The molecule has 7 atom stereocenters. The maximum atomic E-state index is 13.7. The van der Waals surface area contributed by atoms with Gasteiger partial charge in [-0.3, -0.25) is 19.2 Å². The van der Waals surface area contributed by atoms with E-state index in [0.29, 0.717) is 32.1 Å². The van der Waals surface area contributed by atoms with Crippen LogP contribution in [0.1, 0.15) is 91.9 Å². The molecule has 0 aliphatic heterocycles. The first-order valence-electron chi connectivity index (χ1n) is 13.3. The van der Waals surface area contributed by atoms with Crippen LogP contribution in [0.4, 0.5) is 0 Å². The molecule has 0 radical (unpaired) electrons. The Morgan fingerprint density at radius 2 is 1.83 bits per heavy atom. The van der Waals surface area contributed by atoms with Gasteiger partial charge < -0.3 is 14.6 Å². The standard InChI is InChI=1S/C28H40O7/c1-5-7-24(33)35-28(22(31)16-34-23(32)6-2)13-11-20-19-9-8-17-14-18(29)10-12-26(17,3)25(19)21(30)15-27(20,28)4/h14,19-21,25,30H,5-13,15-16H2,1-4H3/t19-,20+,21+,25-,26-,27-,28-/m0/s1. The van der Waals surface area contributed by atoms with Crippen LogP contribution < -0.4 is 0 Å². The number of rotatable bonds is 7. The van der Waals surface area contributed by atoms with Crippen LogP contribution in [0, 0.1) is 28.6 Å². The van der Waals surface area contributed by atoms with Crippen molar-refractivity contribution in [2.75, 3.05) is 6.61 Å². The molecular weight excluding hydrogens is 448 g/mol. The minimum absolute atomic E-state index is 0.00356. The van der Waals surface area contributed by atoms with Gasteiger partial charge in [0.1, 0.15) is 0 Å². The molecule has 7 heteroatoms. The fourth-order valence-corrected chi connectivity index (χ4v) is 8.17. The molecule has 4 aliphatic rings. The lowest BCUT2D eigenvalue weighted by Gasteiger charge is -2.60. The maximum Gasteiger partial charge on any atom is 0.306 e. The number of hydrogen-bond acceptors (Lipinski definition) is 7. The highest BCUT2D eigenvalue weighted by molar-refractivity contribution is 5.93. The predicted octanol–water partition coefficient (Wildman–Crippen LogP) is 4.09. The van der Waals surface area contributed by atoms with Gasteiger partial charge >= 0.3 is 11.9 Å². The smallest absolute Gasteiger partial charge is 0.306 e. The lowest BCUT2D eigenvalue weighted by atomic mass is 9.45. The molecule has 0 saturated heterocycles. The minimum Gasteiger partial charge on any atom is -0.457 e. The average Bonchev–Trinajstić information content (AvgIpc) is 3.09. The summed E-state index contributed by atoms with van der Waals surface area (Å²) in [4.78, 5) is 50.4. The Kier molecular flexibility index (Phi) is 7.04. The lowest BCUT2D eigenvalue weighted by Crippen LogP contribution is -2.63. The quantitative estimate of drug-likeness (QED) is 0.538. The molecule has 0 heterocycles. The van der Waals surface area contributed by atoms with E-state index >= 15 is 0 Å². The van der Waals surface area contributed by atoms with Crippen molar-refractivity contribution in [2.24, 2.45) is 28.6 Å². The summed E-state index contributed by atoms with van der Waals surface area (Å²) < 4.78 is 11.3. The Morgan fingerprint density at radius 3 is 2.51 bits per heavy atom. The second kappa shape index (κ2) is 9.45. The topological polar surface area (TPSA) is 107 Å². The molecule has 0 aromatic carbocycles. The third-order valence-electron chi connectivity index (χ3n) is 9.86. The minimum atomic E-state index is -1.41. The Bertz CT molecular complexity index is 938. The zero-order valence-electron chi connectivity index (χ0n) is 21.6. The first-order valence-corrected chi connectivity index (χ1v) is 13.3. The van der Waals surface area contributed by atoms with Crippen molar-refractivity contribution in [3.05, 3.63) is 11.6 Å². The van der Waals surface area contributed by atoms with Gasteiger partial charge in [0.25, 0.3) is 0 Å². The molecule has 0 aromatic heterocycles. The van der Waals surface area contributed by atoms with E-state index in [-0.39, 0.29) is 47.6 Å². The van der Waals surface area contributed by atoms with Crippen LogP contribution >= 0.6 is 0 Å². The summed E-state index contributed by atoms with van der Waals surface area (Å²) in [5, 5.41) is 11.6. The number of ether oxygens (including phenoxy) is 2. The van der Waals surface area contributed by atoms with Crippen molar-refractivity contribution in [3.8, 4) is 0 Å². The summed E-state index contributed by atoms with van der Waals surface area (Å²) in [6, 6.07) is 0. The van der Waals surface area contributed by atoms with Crippen LogP contribution in [0.5, 0.6) is 0 Å². The predicted molar refractivity (Wildman–Crippen MR) is 128 cm³/mol. The highest BCUT2D eigenvalue weighted by atomic mass is 16.6. The molecule has 3 fully saturated rings. The van der Waals surface area contributed by atoms with Crippen molar-refractivity contribution >= 4 is 23.5 Å². The third-order valence-corrected chi connectivity index (χ3v) is 9.86. The number of carbonyl (C=O) groups is 4. The van der Waals surface area contributed by atoms with Gasteiger partial charge in [-0.15, -0.1) is 0 Å². The second-order valence-corrected chi connectivity index (χ2v) is 11.6. The van der Waals surface area contributed by atoms with E-state index < -0.39 is 35.7 Å². The van der Waals surface area contributed by atoms with Crippen molar-refractivity contribution in [1.82, 2.24) is 0 Å². The van der Waals surface area contributed by atoms with Crippen LogP contribution in [0.25, 0.3) is 0 Å². The summed E-state index contributed by atoms with van der Waals surface area (Å²) in [6.07, 6.45) is 6.41. The van der Waals surface area contributed by atoms with Gasteiger partial charge in [0, 0.05) is 24.7 Å². The fourth-order valence-electron chi connectivity index (χ4n) is 8.17. The molecule has 35 heavy (non-hydrogen) atoms. The van der Waals surface area contributed by atoms with E-state index in [1.54, 1.807) is 13.0 Å². The molecule has 4 aliphatic carbocycles. The molecular formula is C28H40O7. The SMILES string of the molecule is CCCC(=O)O[C@]1(C(=O)COC(=O)CC)CC[C@@H]2[C@@H]3CCC4=CC(=O)CC[C@]4(C)[C@@H]3[C@H](O)C[C@@]21C. The van der Waals surface area contributed by atoms with E-state index in [9.17, 15) is 24.3 Å². The first-order chi connectivity index (χ1) is 16.5. The second-order valence-electron chi connectivity index (χ2n) is 11.6. The zero-order valence-corrected chi connectivity index (χ0v) is 21.6. The monoisotopic (exact) mass is 488 g/mol. The Morgan fingerprint density at radius 1 is 1.09 bits per heavy atom. The average molecular weight is 489 g/mol. The van der Waals surface area contributed by atoms with Crippen molar-refractivity contribution < 1.29 is 33.8 Å². The maximum absolute atomic E-state index is 13.7. The molecule has 0 unspecified atom stereocenters. The van der Waals surface area contributed by atoms with Crippen molar-refractivity contribution in [3.63, 3.8) is 0 Å². The van der Waals surface area contributed by atoms with Gasteiger partial charge in [0.15, 0.2) is 18.0 Å². The van der Waals surface area contributed by atoms with E-state index in [1.807, 2.05) is 13.8 Å². The number of carbonyl (C=O) groups excluding carboxylic acids is 4. The molecule has 0 aromatic rings. The van der Waals surface area contributed by atoms with E-state index in [4.69, 9.17) is 9.47 Å². The number of allylic oxidation sites excluding steroid dienone is 1. The van der Waals surface area contributed by atoms with Crippen LogP contribution in [-0.4, -0.2) is 46.9 Å². The Hall–Kier alpha value is -2.02. The van der Waals surface area contributed by atoms with Crippen molar-refractivity contribution in [2.45, 2.75) is 104 Å². The number of hydrogen-bond donors (Lipinski definition) is 1. The van der Waals surface area contributed by atoms with Crippen molar-refractivity contribution in [1.29, 1.82) is 0 Å². The number of aliphatic hydroxyl groups is 1. The highest BCUT2D eigenvalue weighted by Gasteiger charge is 2.70. The molecule has 0 bridgehead atoms. The summed E-state index contributed by atoms with van der Waals surface area (Å²) in [5.41, 5.74) is -1.25. The fraction of sp³-hybridized carbons (Fsp3) is 0.786. The Balaban J connectivity index is 1.70. The van der Waals surface area contributed by atoms with E-state index in [2.05, 4.69) is 6.92 Å². The van der Waals surface area contributed by atoms with Crippen LogP contribution in [0.15, 0.2) is 11.6 Å². The van der Waals surface area contributed by atoms with Crippen LogP contribution in [0.3, 0.4) is 0 Å². The molecule has 0 spiro atoms. The van der Waals surface area contributed by atoms with E-state index in [0.717, 1.165) is 24.8 Å². The molecule has 1 N–H and O–H groups in total. The van der Waals surface area contributed by atoms with Gasteiger partial charge in [0.2, 0.25) is 5.78 Å². The van der Waals surface area contributed by atoms with Gasteiger partial charge in [-0.2, -0.15) is 0 Å². The van der Waals surface area contributed by atoms with Gasteiger partial charge in [-0.05, 0) is 74.2 Å². The number of ketones is 2. The number of aliphatic hydroxyl groups excluding tert-OH is 1.